The molecule has 88 valence electrons. The number of nitrogens with one attached hydrogen (secondary N) is 1. The van der Waals surface area contributed by atoms with Crippen LogP contribution in [0.1, 0.15) is 25.7 Å². The third-order valence-corrected chi connectivity index (χ3v) is 5.08. The average Bonchev–Trinajstić information content (AvgIpc) is 2.63. The van der Waals surface area contributed by atoms with Gasteiger partial charge in [-0.15, -0.1) is 0 Å². The Kier molecular flexibility index (Phi) is 4.17. The van der Waals surface area contributed by atoms with Gasteiger partial charge in [-0.3, -0.25) is 4.21 Å². The molecule has 0 bridgehead atoms. The van der Waals surface area contributed by atoms with E-state index in [1.165, 1.54) is 19.4 Å². The number of likely N-dealkylation sites (tertiary alicyclic amines) is 1. The van der Waals surface area contributed by atoms with Crippen molar-refractivity contribution in [2.75, 3.05) is 31.6 Å². The topological polar surface area (TPSA) is 32.3 Å². The molecular weight excluding hydrogens is 208 g/mol. The molecule has 2 heterocycles. The summed E-state index contributed by atoms with van der Waals surface area (Å²) >= 11 is 0. The molecule has 0 aromatic rings. The van der Waals surface area contributed by atoms with Gasteiger partial charge in [-0.1, -0.05) is 0 Å². The zero-order valence-electron chi connectivity index (χ0n) is 9.58. The minimum absolute atomic E-state index is 0.524. The van der Waals surface area contributed by atoms with E-state index in [0.29, 0.717) is 6.04 Å². The van der Waals surface area contributed by atoms with Gasteiger partial charge in [-0.25, -0.2) is 0 Å². The third-order valence-electron chi connectivity index (χ3n) is 3.70. The van der Waals surface area contributed by atoms with Gasteiger partial charge in [0.1, 0.15) is 0 Å². The largest absolute Gasteiger partial charge is 0.312 e. The second kappa shape index (κ2) is 5.41. The van der Waals surface area contributed by atoms with E-state index < -0.39 is 10.8 Å². The van der Waals surface area contributed by atoms with Gasteiger partial charge in [0.2, 0.25) is 0 Å². The molecule has 2 aliphatic heterocycles. The van der Waals surface area contributed by atoms with Crippen LogP contribution >= 0.6 is 0 Å². The maximum atomic E-state index is 11.2. The predicted molar refractivity (Wildman–Crippen MR) is 64.6 cm³/mol. The Morgan fingerprint density at radius 3 is 2.67 bits per heavy atom. The van der Waals surface area contributed by atoms with E-state index in [2.05, 4.69) is 17.3 Å². The van der Waals surface area contributed by atoms with Crippen LogP contribution in [0.25, 0.3) is 0 Å². The number of likely N-dealkylation sites (N-methyl/N-ethyl adjacent to an activating group) is 1. The summed E-state index contributed by atoms with van der Waals surface area (Å²) in [5.74, 6) is 1.80. The van der Waals surface area contributed by atoms with Crippen molar-refractivity contribution < 1.29 is 4.21 Å². The first-order valence-corrected chi connectivity index (χ1v) is 7.53. The van der Waals surface area contributed by atoms with Crippen LogP contribution in [-0.4, -0.2) is 52.8 Å². The van der Waals surface area contributed by atoms with Crippen LogP contribution in [0.4, 0.5) is 0 Å². The lowest BCUT2D eigenvalue weighted by molar-refractivity contribution is 0.288. The molecule has 0 spiro atoms. The fourth-order valence-corrected chi connectivity index (χ4v) is 3.84. The first-order chi connectivity index (χ1) is 7.25. The van der Waals surface area contributed by atoms with Gasteiger partial charge in [0.05, 0.1) is 0 Å². The van der Waals surface area contributed by atoms with Crippen molar-refractivity contribution in [2.45, 2.75) is 37.8 Å². The van der Waals surface area contributed by atoms with Crippen molar-refractivity contribution in [3.63, 3.8) is 0 Å². The fourth-order valence-electron chi connectivity index (χ4n) is 2.54. The molecule has 1 N–H and O–H groups in total. The van der Waals surface area contributed by atoms with Gasteiger partial charge in [-0.05, 0) is 39.3 Å². The minimum Gasteiger partial charge on any atom is -0.312 e. The molecule has 0 aromatic heterocycles. The van der Waals surface area contributed by atoms with Crippen molar-refractivity contribution in [3.8, 4) is 0 Å². The Balaban J connectivity index is 1.67. The van der Waals surface area contributed by atoms with Crippen LogP contribution in [0, 0.1) is 0 Å². The van der Waals surface area contributed by atoms with Crippen molar-refractivity contribution in [2.24, 2.45) is 0 Å². The van der Waals surface area contributed by atoms with Crippen molar-refractivity contribution >= 4 is 10.8 Å². The van der Waals surface area contributed by atoms with E-state index in [-0.39, 0.29) is 0 Å². The molecule has 15 heavy (non-hydrogen) atoms. The summed E-state index contributed by atoms with van der Waals surface area (Å²) in [4.78, 5) is 2.45. The molecular formula is C11H22N2OS. The highest BCUT2D eigenvalue weighted by Crippen LogP contribution is 2.15. The molecule has 0 radical (unpaired) electrons. The van der Waals surface area contributed by atoms with Gasteiger partial charge in [0, 0.05) is 40.9 Å². The van der Waals surface area contributed by atoms with Gasteiger partial charge in [0.25, 0.3) is 0 Å². The predicted octanol–water partition coefficient (Wildman–Crippen LogP) is 0.581. The van der Waals surface area contributed by atoms with Crippen molar-refractivity contribution in [3.05, 3.63) is 0 Å². The Morgan fingerprint density at radius 1 is 1.33 bits per heavy atom. The summed E-state index contributed by atoms with van der Waals surface area (Å²) in [6.45, 7) is 2.37. The van der Waals surface area contributed by atoms with E-state index >= 15 is 0 Å². The molecule has 0 saturated carbocycles. The van der Waals surface area contributed by atoms with Crippen molar-refractivity contribution in [1.29, 1.82) is 0 Å². The van der Waals surface area contributed by atoms with Gasteiger partial charge < -0.3 is 10.2 Å². The molecule has 0 aliphatic carbocycles. The Bertz CT molecular complexity index is 225. The lowest BCUT2D eigenvalue weighted by Crippen LogP contribution is -2.42. The summed E-state index contributed by atoms with van der Waals surface area (Å²) in [5.41, 5.74) is 0. The lowest BCUT2D eigenvalue weighted by Gasteiger charge is -2.26. The Hall–Kier alpha value is 0.0700. The summed E-state index contributed by atoms with van der Waals surface area (Å²) in [6, 6.07) is 1.36. The number of nitrogens with zero attached hydrogens (tertiary/aromatic N) is 1. The standard InChI is InChI=1S/C11H22N2OS/c1-13-6-2-3-11(13)9-12-10-4-7-15(14)8-5-10/h10-12H,2-9H2,1H3. The summed E-state index contributed by atoms with van der Waals surface area (Å²) in [5, 5.41) is 3.64. The van der Waals surface area contributed by atoms with Crippen LogP contribution < -0.4 is 5.32 Å². The first kappa shape index (κ1) is 11.6. The Labute approximate surface area is 95.1 Å². The summed E-state index contributed by atoms with van der Waals surface area (Å²) in [7, 11) is 1.69. The van der Waals surface area contributed by atoms with Crippen molar-refractivity contribution in [1.82, 2.24) is 10.2 Å². The maximum absolute atomic E-state index is 11.2. The second-order valence-corrected chi connectivity index (χ2v) is 6.50. The molecule has 2 fully saturated rings. The number of hydrogen-bond donors (Lipinski definition) is 1. The molecule has 3 nitrogen and oxygen atoms in total. The van der Waals surface area contributed by atoms with E-state index in [9.17, 15) is 4.21 Å². The van der Waals surface area contributed by atoms with Gasteiger partial charge in [-0.2, -0.15) is 0 Å². The van der Waals surface area contributed by atoms with Crippen LogP contribution in [-0.2, 0) is 10.8 Å². The van der Waals surface area contributed by atoms with E-state index in [1.54, 1.807) is 0 Å². The number of hydrogen-bond acceptors (Lipinski definition) is 3. The second-order valence-electron chi connectivity index (χ2n) is 4.81. The summed E-state index contributed by atoms with van der Waals surface area (Å²) in [6.07, 6.45) is 4.88. The quantitative estimate of drug-likeness (QED) is 0.770. The molecule has 4 heteroatoms. The molecule has 2 saturated heterocycles. The highest BCUT2D eigenvalue weighted by molar-refractivity contribution is 7.85. The van der Waals surface area contributed by atoms with Crippen LogP contribution in [0.2, 0.25) is 0 Å². The van der Waals surface area contributed by atoms with E-state index in [1.807, 2.05) is 0 Å². The third kappa shape index (κ3) is 3.26. The van der Waals surface area contributed by atoms with Gasteiger partial charge in [0.15, 0.2) is 0 Å². The van der Waals surface area contributed by atoms with Gasteiger partial charge >= 0.3 is 0 Å². The Morgan fingerprint density at radius 2 is 2.07 bits per heavy atom. The molecule has 2 rings (SSSR count). The van der Waals surface area contributed by atoms with E-state index in [4.69, 9.17) is 0 Å². The van der Waals surface area contributed by atoms with E-state index in [0.717, 1.165) is 36.9 Å². The highest BCUT2D eigenvalue weighted by Gasteiger charge is 2.23. The molecule has 1 atom stereocenters. The van der Waals surface area contributed by atoms with Crippen LogP contribution in [0.5, 0.6) is 0 Å². The SMILES string of the molecule is CN1CCCC1CNC1CCS(=O)CC1. The zero-order chi connectivity index (χ0) is 10.7. The smallest absolute Gasteiger partial charge is 0.0249 e. The molecule has 2 aliphatic rings. The molecule has 0 amide bonds. The fraction of sp³-hybridized carbons (Fsp3) is 1.00. The monoisotopic (exact) mass is 230 g/mol. The van der Waals surface area contributed by atoms with Crippen LogP contribution in [0.3, 0.4) is 0 Å². The van der Waals surface area contributed by atoms with Crippen LogP contribution in [0.15, 0.2) is 0 Å². The first-order valence-electron chi connectivity index (χ1n) is 6.04. The maximum Gasteiger partial charge on any atom is 0.0249 e. The average molecular weight is 230 g/mol. The molecule has 1 unspecified atom stereocenters. The lowest BCUT2D eigenvalue weighted by atomic mass is 10.1. The zero-order valence-corrected chi connectivity index (χ0v) is 10.4. The highest BCUT2D eigenvalue weighted by atomic mass is 32.2. The minimum atomic E-state index is -0.524. The summed E-state index contributed by atoms with van der Waals surface area (Å²) < 4.78 is 11.2. The normalized spacial score (nSPS) is 38.3. The number of rotatable bonds is 3. The molecule has 0 aromatic carbocycles.